The van der Waals surface area contributed by atoms with E-state index < -0.39 is 11.6 Å². The summed E-state index contributed by atoms with van der Waals surface area (Å²) in [6.45, 7) is 3.13. The zero-order valence-corrected chi connectivity index (χ0v) is 17.4. The van der Waals surface area contributed by atoms with Gasteiger partial charge in [0, 0.05) is 28.3 Å². The highest BCUT2D eigenvalue weighted by atomic mass is 35.5. The van der Waals surface area contributed by atoms with Gasteiger partial charge in [-0.2, -0.15) is 0 Å². The van der Waals surface area contributed by atoms with Gasteiger partial charge in [0.05, 0.1) is 12.7 Å². The Morgan fingerprint density at radius 1 is 1.31 bits per heavy atom. The van der Waals surface area contributed by atoms with Crippen LogP contribution in [0.25, 0.3) is 11.1 Å². The predicted octanol–water partition coefficient (Wildman–Crippen LogP) is 5.68. The number of benzene rings is 2. The summed E-state index contributed by atoms with van der Waals surface area (Å²) in [5.41, 5.74) is 7.32. The molecule has 0 heterocycles. The summed E-state index contributed by atoms with van der Waals surface area (Å²) in [5.74, 6) is 5.49. The van der Waals surface area contributed by atoms with Crippen molar-refractivity contribution in [3.8, 4) is 23.0 Å². The first-order valence-corrected chi connectivity index (χ1v) is 9.38. The van der Waals surface area contributed by atoms with Crippen molar-refractivity contribution in [2.75, 3.05) is 7.11 Å². The number of nitrogens with two attached hydrogens (primary N) is 1. The maximum absolute atomic E-state index is 14.2. The number of hydrogen-bond acceptors (Lipinski definition) is 3. The van der Waals surface area contributed by atoms with Crippen molar-refractivity contribution in [1.29, 1.82) is 0 Å². The maximum atomic E-state index is 14.2. The van der Waals surface area contributed by atoms with Gasteiger partial charge in [-0.1, -0.05) is 47.7 Å². The first-order valence-electron chi connectivity index (χ1n) is 9.00. The molecule has 2 aromatic carbocycles. The number of methoxy groups -OCH3 is 1. The molecule has 0 amide bonds. The van der Waals surface area contributed by atoms with Gasteiger partial charge >= 0.3 is 5.97 Å². The minimum Gasteiger partial charge on any atom is -0.465 e. The van der Waals surface area contributed by atoms with E-state index in [0.717, 1.165) is 16.7 Å². The summed E-state index contributed by atoms with van der Waals surface area (Å²) < 4.78 is 18.9. The Morgan fingerprint density at radius 2 is 2.07 bits per heavy atom. The Bertz CT molecular complexity index is 1010. The van der Waals surface area contributed by atoms with E-state index in [0.29, 0.717) is 16.3 Å². The molecule has 150 valence electrons. The molecule has 0 saturated carbocycles. The van der Waals surface area contributed by atoms with E-state index in [1.807, 2.05) is 24.3 Å². The standard InChI is InChI=1S/C24H23ClFNO2/c1-17(27)16-24(2,26)13-6-4-5-8-18-9-7-10-19(14-18)21-12-11-20(15-22(21)25)23(28)29-3/h4,6-7,9-12,14-16H,13,27H2,1-3H3/b6-4+,17-16+. The number of allylic oxidation sites excluding steroid dienone is 4. The molecule has 1 atom stereocenters. The highest BCUT2D eigenvalue weighted by Crippen LogP contribution is 2.29. The number of hydrogen-bond donors (Lipinski definition) is 1. The van der Waals surface area contributed by atoms with Gasteiger partial charge in [0.15, 0.2) is 0 Å². The van der Waals surface area contributed by atoms with Gasteiger partial charge < -0.3 is 10.5 Å². The Labute approximate surface area is 176 Å². The van der Waals surface area contributed by atoms with Crippen LogP contribution in [0.5, 0.6) is 0 Å². The molecule has 2 rings (SSSR count). The Kier molecular flexibility index (Phi) is 7.64. The van der Waals surface area contributed by atoms with Crippen LogP contribution in [0.4, 0.5) is 4.39 Å². The average Bonchev–Trinajstić information content (AvgIpc) is 2.66. The van der Waals surface area contributed by atoms with Crippen LogP contribution in [0.2, 0.25) is 5.02 Å². The van der Waals surface area contributed by atoms with Crippen LogP contribution in [0, 0.1) is 11.8 Å². The molecule has 2 aromatic rings. The molecule has 3 nitrogen and oxygen atoms in total. The summed E-state index contributed by atoms with van der Waals surface area (Å²) in [6.07, 6.45) is 4.89. The number of alkyl halides is 1. The van der Waals surface area contributed by atoms with Gasteiger partial charge in [-0.15, -0.1) is 0 Å². The number of carbonyl (C=O) groups excluding carboxylic acids is 1. The van der Waals surface area contributed by atoms with E-state index >= 15 is 0 Å². The molecular weight excluding hydrogens is 389 g/mol. The van der Waals surface area contributed by atoms with Crippen molar-refractivity contribution in [2.24, 2.45) is 5.73 Å². The van der Waals surface area contributed by atoms with Crippen molar-refractivity contribution in [3.63, 3.8) is 0 Å². The highest BCUT2D eigenvalue weighted by Gasteiger charge is 2.17. The van der Waals surface area contributed by atoms with Crippen molar-refractivity contribution in [2.45, 2.75) is 25.9 Å². The van der Waals surface area contributed by atoms with Crippen LogP contribution in [0.3, 0.4) is 0 Å². The summed E-state index contributed by atoms with van der Waals surface area (Å²) >= 11 is 6.34. The number of halogens is 2. The lowest BCUT2D eigenvalue weighted by atomic mass is 10.0. The second-order valence-electron chi connectivity index (χ2n) is 6.81. The number of ether oxygens (including phenoxy) is 1. The number of rotatable bonds is 5. The first kappa shape index (κ1) is 22.3. The molecule has 29 heavy (non-hydrogen) atoms. The maximum Gasteiger partial charge on any atom is 0.337 e. The third-order valence-corrected chi connectivity index (χ3v) is 4.34. The van der Waals surface area contributed by atoms with E-state index in [1.54, 1.807) is 37.3 Å². The number of carbonyl (C=O) groups is 1. The monoisotopic (exact) mass is 411 g/mol. The summed E-state index contributed by atoms with van der Waals surface area (Å²) in [6, 6.07) is 12.6. The lowest BCUT2D eigenvalue weighted by Crippen LogP contribution is -2.15. The van der Waals surface area contributed by atoms with Crippen molar-refractivity contribution in [3.05, 3.63) is 82.5 Å². The molecule has 1 unspecified atom stereocenters. The molecular formula is C24H23ClFNO2. The SMILES string of the molecule is COC(=O)c1ccc(-c2cccc(C#C/C=C/CC(C)(F)/C=C(\C)N)c2)c(Cl)c1. The van der Waals surface area contributed by atoms with Gasteiger partial charge in [-0.25, -0.2) is 9.18 Å². The molecule has 0 fully saturated rings. The lowest BCUT2D eigenvalue weighted by molar-refractivity contribution is 0.0600. The fourth-order valence-electron chi connectivity index (χ4n) is 2.77. The second-order valence-corrected chi connectivity index (χ2v) is 7.22. The smallest absolute Gasteiger partial charge is 0.337 e. The van der Waals surface area contributed by atoms with Crippen LogP contribution < -0.4 is 5.73 Å². The fourth-order valence-corrected chi connectivity index (χ4v) is 3.06. The van der Waals surface area contributed by atoms with Gasteiger partial charge in [0.1, 0.15) is 5.67 Å². The summed E-state index contributed by atoms with van der Waals surface area (Å²) in [7, 11) is 1.32. The van der Waals surface area contributed by atoms with E-state index in [-0.39, 0.29) is 6.42 Å². The predicted molar refractivity (Wildman–Crippen MR) is 116 cm³/mol. The van der Waals surface area contributed by atoms with Gasteiger partial charge in [0.25, 0.3) is 0 Å². The Morgan fingerprint density at radius 3 is 2.72 bits per heavy atom. The van der Waals surface area contributed by atoms with Crippen LogP contribution in [-0.2, 0) is 4.74 Å². The third kappa shape index (κ3) is 6.81. The van der Waals surface area contributed by atoms with E-state index in [1.165, 1.54) is 20.1 Å². The highest BCUT2D eigenvalue weighted by molar-refractivity contribution is 6.33. The second kappa shape index (κ2) is 9.95. The van der Waals surface area contributed by atoms with Crippen molar-refractivity contribution < 1.29 is 13.9 Å². The minimum absolute atomic E-state index is 0.193. The van der Waals surface area contributed by atoms with Crippen molar-refractivity contribution in [1.82, 2.24) is 0 Å². The quantitative estimate of drug-likeness (QED) is 0.508. The third-order valence-electron chi connectivity index (χ3n) is 4.03. The lowest BCUT2D eigenvalue weighted by Gasteiger charge is -2.13. The van der Waals surface area contributed by atoms with Gasteiger partial charge in [-0.05, 0) is 55.8 Å². The molecule has 0 spiro atoms. The molecule has 0 bridgehead atoms. The van der Waals surface area contributed by atoms with Crippen LogP contribution >= 0.6 is 11.6 Å². The Balaban J connectivity index is 2.15. The molecule has 0 aliphatic carbocycles. The van der Waals surface area contributed by atoms with Gasteiger partial charge in [0.2, 0.25) is 0 Å². The molecule has 0 saturated heterocycles. The normalized spacial score (nSPS) is 13.5. The molecule has 0 aliphatic heterocycles. The zero-order chi connectivity index (χ0) is 21.4. The summed E-state index contributed by atoms with van der Waals surface area (Å²) in [4.78, 5) is 11.6. The van der Waals surface area contributed by atoms with E-state index in [2.05, 4.69) is 11.8 Å². The van der Waals surface area contributed by atoms with E-state index in [9.17, 15) is 9.18 Å². The zero-order valence-electron chi connectivity index (χ0n) is 16.6. The van der Waals surface area contributed by atoms with Gasteiger partial charge in [-0.3, -0.25) is 0 Å². The molecule has 0 aromatic heterocycles. The van der Waals surface area contributed by atoms with Crippen molar-refractivity contribution >= 4 is 17.6 Å². The van der Waals surface area contributed by atoms with Crippen LogP contribution in [0.1, 0.15) is 36.2 Å². The molecule has 0 radical (unpaired) electrons. The molecule has 5 heteroatoms. The molecule has 2 N–H and O–H groups in total. The van der Waals surface area contributed by atoms with E-state index in [4.69, 9.17) is 22.1 Å². The van der Waals surface area contributed by atoms with Crippen LogP contribution in [0.15, 0.2) is 66.4 Å². The molecule has 0 aliphatic rings. The topological polar surface area (TPSA) is 52.3 Å². The Hall–Kier alpha value is -3.03. The average molecular weight is 412 g/mol. The minimum atomic E-state index is -1.50. The fraction of sp³-hybridized carbons (Fsp3) is 0.208. The largest absolute Gasteiger partial charge is 0.465 e. The number of esters is 1. The first-order chi connectivity index (χ1) is 13.7. The summed E-state index contributed by atoms with van der Waals surface area (Å²) in [5, 5.41) is 0.448. The van der Waals surface area contributed by atoms with Crippen LogP contribution in [-0.4, -0.2) is 18.7 Å².